The highest BCUT2D eigenvalue weighted by Gasteiger charge is 2.43. The fraction of sp³-hybridized carbons (Fsp3) is 0.462. The maximum Gasteiger partial charge on any atom is 0.387 e. The van der Waals surface area contributed by atoms with Crippen LogP contribution in [0.2, 0.25) is 0 Å². The number of carbonyl (C=O) groups is 1. The number of benzene rings is 1. The first-order chi connectivity index (χ1) is 10.2. The van der Waals surface area contributed by atoms with Gasteiger partial charge in [0.2, 0.25) is 10.0 Å². The molecule has 2 atom stereocenters. The first-order valence-corrected chi connectivity index (χ1v) is 7.97. The molecule has 1 aromatic rings. The Morgan fingerprint density at radius 1 is 1.50 bits per heavy atom. The van der Waals surface area contributed by atoms with Gasteiger partial charge in [-0.25, -0.2) is 13.1 Å². The van der Waals surface area contributed by atoms with E-state index < -0.39 is 28.5 Å². The molecular weight excluding hydrogens is 320 g/mol. The van der Waals surface area contributed by atoms with Crippen LogP contribution in [-0.4, -0.2) is 32.6 Å². The third kappa shape index (κ3) is 3.92. The molecule has 0 spiro atoms. The SMILES string of the molecule is Cc1cc(OC(F)F)ccc1S(=O)(=O)NC[C@@H]1C[C@@H]1C(=O)O. The van der Waals surface area contributed by atoms with E-state index >= 15 is 0 Å². The summed E-state index contributed by atoms with van der Waals surface area (Å²) in [5.41, 5.74) is 0.260. The Morgan fingerprint density at radius 3 is 2.68 bits per heavy atom. The van der Waals surface area contributed by atoms with Gasteiger partial charge in [-0.05, 0) is 43.0 Å². The van der Waals surface area contributed by atoms with E-state index in [2.05, 4.69) is 9.46 Å². The Morgan fingerprint density at radius 2 is 2.18 bits per heavy atom. The van der Waals surface area contributed by atoms with E-state index in [4.69, 9.17) is 5.11 Å². The number of hydrogen-bond acceptors (Lipinski definition) is 4. The molecule has 2 rings (SSSR count). The highest BCUT2D eigenvalue weighted by atomic mass is 32.2. The highest BCUT2D eigenvalue weighted by molar-refractivity contribution is 7.89. The van der Waals surface area contributed by atoms with Crippen LogP contribution in [0.3, 0.4) is 0 Å². The molecule has 0 aliphatic heterocycles. The number of carboxylic acid groups (broad SMARTS) is 1. The molecule has 22 heavy (non-hydrogen) atoms. The number of nitrogens with one attached hydrogen (secondary N) is 1. The predicted octanol–water partition coefficient (Wildman–Crippen LogP) is 1.60. The number of alkyl halides is 2. The van der Waals surface area contributed by atoms with Gasteiger partial charge < -0.3 is 9.84 Å². The van der Waals surface area contributed by atoms with Crippen molar-refractivity contribution in [2.24, 2.45) is 11.8 Å². The first kappa shape index (κ1) is 16.6. The Kier molecular flexibility index (Phi) is 4.66. The molecule has 0 unspecified atom stereocenters. The number of sulfonamides is 1. The largest absolute Gasteiger partial charge is 0.481 e. The zero-order valence-corrected chi connectivity index (χ0v) is 12.4. The van der Waals surface area contributed by atoms with Crippen molar-refractivity contribution in [2.75, 3.05) is 6.54 Å². The maximum absolute atomic E-state index is 12.1. The lowest BCUT2D eigenvalue weighted by Gasteiger charge is -2.11. The summed E-state index contributed by atoms with van der Waals surface area (Å²) in [7, 11) is -3.83. The third-order valence-corrected chi connectivity index (χ3v) is 5.02. The summed E-state index contributed by atoms with van der Waals surface area (Å²) in [5.74, 6) is -1.78. The molecule has 1 saturated carbocycles. The number of carboxylic acids is 1. The molecule has 1 fully saturated rings. The van der Waals surface area contributed by atoms with E-state index in [9.17, 15) is 22.0 Å². The standard InChI is InChI=1S/C13H15F2NO5S/c1-7-4-9(21-13(14)15)2-3-11(7)22(19,20)16-6-8-5-10(8)12(17)18/h2-4,8,10,13,16H,5-6H2,1H3,(H,17,18)/t8-,10-/m0/s1. The Hall–Kier alpha value is -1.74. The lowest BCUT2D eigenvalue weighted by molar-refractivity contribution is -0.138. The third-order valence-electron chi connectivity index (χ3n) is 3.44. The lowest BCUT2D eigenvalue weighted by Crippen LogP contribution is -2.27. The van der Waals surface area contributed by atoms with Gasteiger partial charge in [-0.15, -0.1) is 0 Å². The van der Waals surface area contributed by atoms with Gasteiger partial charge >= 0.3 is 12.6 Å². The molecule has 0 heterocycles. The van der Waals surface area contributed by atoms with Gasteiger partial charge in [-0.2, -0.15) is 8.78 Å². The minimum atomic E-state index is -3.83. The fourth-order valence-electron chi connectivity index (χ4n) is 2.17. The molecule has 0 aromatic heterocycles. The Balaban J connectivity index is 2.04. The van der Waals surface area contributed by atoms with Crippen LogP contribution >= 0.6 is 0 Å². The van der Waals surface area contributed by atoms with Gasteiger partial charge in [-0.3, -0.25) is 4.79 Å². The van der Waals surface area contributed by atoms with Crippen molar-refractivity contribution in [3.63, 3.8) is 0 Å². The van der Waals surface area contributed by atoms with Gasteiger partial charge in [-0.1, -0.05) is 0 Å². The molecule has 122 valence electrons. The summed E-state index contributed by atoms with van der Waals surface area (Å²) in [6.45, 7) is -1.49. The van der Waals surface area contributed by atoms with Crippen molar-refractivity contribution in [1.29, 1.82) is 0 Å². The molecule has 1 aromatic carbocycles. The maximum atomic E-state index is 12.1. The minimum absolute atomic E-state index is 0.0357. The topological polar surface area (TPSA) is 92.7 Å². The summed E-state index contributed by atoms with van der Waals surface area (Å²) in [4.78, 5) is 10.6. The molecule has 2 N–H and O–H groups in total. The molecular formula is C13H15F2NO5S. The minimum Gasteiger partial charge on any atom is -0.481 e. The fourth-order valence-corrected chi connectivity index (χ4v) is 3.49. The van der Waals surface area contributed by atoms with Gasteiger partial charge in [0.05, 0.1) is 10.8 Å². The van der Waals surface area contributed by atoms with Crippen LogP contribution in [0, 0.1) is 18.8 Å². The van der Waals surface area contributed by atoms with Crippen LogP contribution in [0.4, 0.5) is 8.78 Å². The van der Waals surface area contributed by atoms with Crippen LogP contribution in [0.1, 0.15) is 12.0 Å². The van der Waals surface area contributed by atoms with Crippen LogP contribution in [0.25, 0.3) is 0 Å². The number of halogens is 2. The van der Waals surface area contributed by atoms with Crippen molar-refractivity contribution in [2.45, 2.75) is 24.9 Å². The van der Waals surface area contributed by atoms with Crippen LogP contribution in [-0.2, 0) is 14.8 Å². The Labute approximate surface area is 126 Å². The average Bonchev–Trinajstić information content (AvgIpc) is 3.15. The van der Waals surface area contributed by atoms with E-state index in [1.807, 2.05) is 0 Å². The second kappa shape index (κ2) is 6.17. The van der Waals surface area contributed by atoms with Crippen molar-refractivity contribution in [3.8, 4) is 5.75 Å². The molecule has 0 bridgehead atoms. The van der Waals surface area contributed by atoms with Crippen LogP contribution in [0.15, 0.2) is 23.1 Å². The summed E-state index contributed by atoms with van der Waals surface area (Å²) in [6, 6.07) is 3.53. The van der Waals surface area contributed by atoms with Crippen molar-refractivity contribution in [3.05, 3.63) is 23.8 Å². The Bertz CT molecular complexity index is 677. The van der Waals surface area contributed by atoms with Gasteiger partial charge in [0.15, 0.2) is 0 Å². The highest BCUT2D eigenvalue weighted by Crippen LogP contribution is 2.38. The van der Waals surface area contributed by atoms with Crippen molar-refractivity contribution < 1.29 is 31.8 Å². The van der Waals surface area contributed by atoms with Crippen molar-refractivity contribution in [1.82, 2.24) is 4.72 Å². The second-order valence-electron chi connectivity index (χ2n) is 5.10. The lowest BCUT2D eigenvalue weighted by atomic mass is 10.2. The quantitative estimate of drug-likeness (QED) is 0.789. The molecule has 9 heteroatoms. The number of ether oxygens (including phenoxy) is 1. The van der Waals surface area contributed by atoms with E-state index in [1.165, 1.54) is 19.1 Å². The van der Waals surface area contributed by atoms with Crippen molar-refractivity contribution >= 4 is 16.0 Å². The number of rotatable bonds is 7. The van der Waals surface area contributed by atoms with E-state index in [-0.39, 0.29) is 28.7 Å². The zero-order chi connectivity index (χ0) is 16.5. The predicted molar refractivity (Wildman–Crippen MR) is 72.2 cm³/mol. The zero-order valence-electron chi connectivity index (χ0n) is 11.6. The molecule has 0 amide bonds. The van der Waals surface area contributed by atoms with E-state index in [0.717, 1.165) is 6.07 Å². The first-order valence-electron chi connectivity index (χ1n) is 6.48. The summed E-state index contributed by atoms with van der Waals surface area (Å²) in [5, 5.41) is 8.76. The van der Waals surface area contributed by atoms with Crippen LogP contribution in [0.5, 0.6) is 5.75 Å². The smallest absolute Gasteiger partial charge is 0.387 e. The summed E-state index contributed by atoms with van der Waals surface area (Å²) < 4.78 is 55.0. The number of hydrogen-bond donors (Lipinski definition) is 2. The molecule has 0 saturated heterocycles. The second-order valence-corrected chi connectivity index (χ2v) is 6.83. The van der Waals surface area contributed by atoms with Gasteiger partial charge in [0.25, 0.3) is 0 Å². The normalized spacial score (nSPS) is 20.9. The number of aliphatic carboxylic acids is 1. The summed E-state index contributed by atoms with van der Waals surface area (Å²) >= 11 is 0. The molecule has 6 nitrogen and oxygen atoms in total. The van der Waals surface area contributed by atoms with E-state index in [1.54, 1.807) is 0 Å². The van der Waals surface area contributed by atoms with Crippen LogP contribution < -0.4 is 9.46 Å². The number of aryl methyl sites for hydroxylation is 1. The monoisotopic (exact) mass is 335 g/mol. The average molecular weight is 335 g/mol. The molecule has 0 radical (unpaired) electrons. The van der Waals surface area contributed by atoms with Gasteiger partial charge in [0.1, 0.15) is 5.75 Å². The molecule has 1 aliphatic carbocycles. The molecule has 1 aliphatic rings. The van der Waals surface area contributed by atoms with Gasteiger partial charge in [0, 0.05) is 6.54 Å². The van der Waals surface area contributed by atoms with E-state index in [0.29, 0.717) is 6.42 Å². The summed E-state index contributed by atoms with van der Waals surface area (Å²) in [6.07, 6.45) is 0.442.